The Balaban J connectivity index is -0.0000000450. The van der Waals surface area contributed by atoms with Gasteiger partial charge in [0, 0.05) is 57.0 Å². The molecule has 0 heterocycles. The maximum Gasteiger partial charge on any atom is 0.300 e. The van der Waals surface area contributed by atoms with E-state index in [1.807, 2.05) is 0 Å². The summed E-state index contributed by atoms with van der Waals surface area (Å²) in [6.07, 6.45) is 0. The fourth-order valence-electron chi connectivity index (χ4n) is 0. The molecule has 6 nitrogen and oxygen atoms in total. The van der Waals surface area contributed by atoms with E-state index in [2.05, 4.69) is 0 Å². The van der Waals surface area contributed by atoms with Gasteiger partial charge in [0.05, 0.1) is 0 Å². The van der Waals surface area contributed by atoms with Crippen molar-refractivity contribution in [3.05, 3.63) is 0 Å². The van der Waals surface area contributed by atoms with Crippen LogP contribution in [0.15, 0.2) is 0 Å². The van der Waals surface area contributed by atoms with Gasteiger partial charge in [0.25, 0.3) is 5.97 Å². The summed E-state index contributed by atoms with van der Waals surface area (Å²) in [5.74, 6) is -3.00. The van der Waals surface area contributed by atoms with Crippen molar-refractivity contribution < 1.29 is 67.9 Å². The number of carbonyl (C=O) groups is 3. The Morgan fingerprint density at radius 1 is 0.923 bits per heavy atom. The quantitative estimate of drug-likeness (QED) is 0.525. The van der Waals surface area contributed by atoms with Crippen molar-refractivity contribution >= 4 is 17.9 Å². The molecule has 0 unspecified atom stereocenters. The van der Waals surface area contributed by atoms with Crippen LogP contribution in [0.4, 0.5) is 0 Å². The van der Waals surface area contributed by atoms with E-state index < -0.39 is 17.9 Å². The first kappa shape index (κ1) is 23.0. The molecular formula is C6H10DyO6-2. The average molecular weight is 341 g/mol. The minimum Gasteiger partial charge on any atom is -0.550 e. The van der Waals surface area contributed by atoms with E-state index in [9.17, 15) is 0 Å². The summed E-state index contributed by atoms with van der Waals surface area (Å²) >= 11 is 0. The molecule has 82 valence electrons. The largest absolute Gasteiger partial charge is 0.550 e. The van der Waals surface area contributed by atoms with Gasteiger partial charge in [-0.05, 0) is 13.8 Å². The van der Waals surface area contributed by atoms with E-state index in [1.54, 1.807) is 0 Å². The first-order valence-electron chi connectivity index (χ1n) is 2.74. The van der Waals surface area contributed by atoms with Crippen LogP contribution in [0.3, 0.4) is 0 Å². The molecule has 0 aromatic heterocycles. The second kappa shape index (κ2) is 17.7. The molecule has 0 atom stereocenters. The Morgan fingerprint density at radius 2 is 0.923 bits per heavy atom. The van der Waals surface area contributed by atoms with E-state index >= 15 is 0 Å². The van der Waals surface area contributed by atoms with Crippen LogP contribution in [0.2, 0.25) is 0 Å². The van der Waals surface area contributed by atoms with Gasteiger partial charge in [-0.25, -0.2) is 0 Å². The van der Waals surface area contributed by atoms with Crippen molar-refractivity contribution in [3.8, 4) is 0 Å². The number of carboxylic acids is 3. The van der Waals surface area contributed by atoms with Crippen LogP contribution in [0.25, 0.3) is 0 Å². The number of carboxylic acid groups (broad SMARTS) is 3. The number of rotatable bonds is 0. The third-order valence-corrected chi connectivity index (χ3v) is 0. The first-order chi connectivity index (χ1) is 5.20. The Kier molecular flexibility index (Phi) is 31.2. The van der Waals surface area contributed by atoms with Gasteiger partial charge in [-0.1, -0.05) is 0 Å². The van der Waals surface area contributed by atoms with Gasteiger partial charge in [0.15, 0.2) is 0 Å². The van der Waals surface area contributed by atoms with E-state index in [4.69, 9.17) is 29.7 Å². The molecule has 0 bridgehead atoms. The van der Waals surface area contributed by atoms with Crippen LogP contribution in [0.1, 0.15) is 20.8 Å². The van der Waals surface area contributed by atoms with Gasteiger partial charge in [0.2, 0.25) is 0 Å². The zero-order valence-corrected chi connectivity index (χ0v) is 9.33. The Morgan fingerprint density at radius 3 is 0.923 bits per heavy atom. The third kappa shape index (κ3) is 10900. The topological polar surface area (TPSA) is 118 Å². The van der Waals surface area contributed by atoms with Gasteiger partial charge >= 0.3 is 0 Å². The molecule has 0 radical (unpaired) electrons. The summed E-state index contributed by atoms with van der Waals surface area (Å²) in [7, 11) is 0. The SMILES string of the molecule is CC(=O)O.CC(=O)[O-].CC(=O)[O-].[Dy]. The summed E-state index contributed by atoms with van der Waals surface area (Å²) < 4.78 is 0. The van der Waals surface area contributed by atoms with Crippen LogP contribution in [-0.2, 0) is 14.4 Å². The molecule has 0 aliphatic rings. The monoisotopic (exact) mass is 342 g/mol. The second-order valence-corrected chi connectivity index (χ2v) is 1.50. The fraction of sp³-hybridized carbons (Fsp3) is 0.500. The minimum atomic E-state index is -1.08. The van der Waals surface area contributed by atoms with Gasteiger partial charge in [-0.15, -0.1) is 0 Å². The molecule has 0 saturated heterocycles. The molecule has 0 aliphatic heterocycles. The van der Waals surface area contributed by atoms with Gasteiger partial charge in [-0.2, -0.15) is 0 Å². The summed E-state index contributed by atoms with van der Waals surface area (Å²) in [5, 5.41) is 25.2. The second-order valence-electron chi connectivity index (χ2n) is 1.50. The molecule has 0 aliphatic carbocycles. The minimum absolute atomic E-state index is 0. The Hall–Kier alpha value is -0.317. The average Bonchev–Trinajstić information content (AvgIpc) is 1.54. The Labute approximate surface area is 106 Å². The summed E-state index contributed by atoms with van der Waals surface area (Å²) in [6.45, 7) is 3.03. The summed E-state index contributed by atoms with van der Waals surface area (Å²) in [6, 6.07) is 0. The number of carbonyl (C=O) groups excluding carboxylic acids is 2. The van der Waals surface area contributed by atoms with Crippen molar-refractivity contribution in [2.75, 3.05) is 0 Å². The van der Waals surface area contributed by atoms with E-state index in [0.29, 0.717) is 0 Å². The number of hydrogen-bond acceptors (Lipinski definition) is 5. The number of hydrogen-bond donors (Lipinski definition) is 1. The van der Waals surface area contributed by atoms with Crippen molar-refractivity contribution in [2.24, 2.45) is 0 Å². The standard InChI is InChI=1S/3C2H4O2.Dy/c3*1-2(3)4;/h3*1H3,(H,3,4);/p-2. The van der Waals surface area contributed by atoms with Crippen LogP contribution < -0.4 is 10.2 Å². The molecule has 0 spiro atoms. The zero-order chi connectivity index (χ0) is 10.7. The molecule has 0 amide bonds. The summed E-state index contributed by atoms with van der Waals surface area (Å²) in [5.41, 5.74) is 0. The predicted molar refractivity (Wildman–Crippen MR) is 34.7 cm³/mol. The van der Waals surface area contributed by atoms with E-state index in [0.717, 1.165) is 20.8 Å². The van der Waals surface area contributed by atoms with E-state index in [1.165, 1.54) is 0 Å². The Bertz CT molecular complexity index is 115. The molecule has 7 heteroatoms. The fourth-order valence-corrected chi connectivity index (χ4v) is 0. The first-order valence-corrected chi connectivity index (χ1v) is 2.74. The molecule has 0 aromatic carbocycles. The van der Waals surface area contributed by atoms with Crippen molar-refractivity contribution in [2.45, 2.75) is 20.8 Å². The molecule has 13 heavy (non-hydrogen) atoms. The smallest absolute Gasteiger partial charge is 0.300 e. The molecule has 1 N–H and O–H groups in total. The molecule has 0 saturated carbocycles. The maximum atomic E-state index is 9.00. The van der Waals surface area contributed by atoms with Crippen molar-refractivity contribution in [1.29, 1.82) is 0 Å². The molecule has 0 fully saturated rings. The zero-order valence-electron chi connectivity index (χ0n) is 7.30. The maximum absolute atomic E-state index is 9.00. The van der Waals surface area contributed by atoms with Crippen LogP contribution in [0.5, 0.6) is 0 Å². The predicted octanol–water partition coefficient (Wildman–Crippen LogP) is -2.40. The molecule has 0 rings (SSSR count). The van der Waals surface area contributed by atoms with Gasteiger partial charge < -0.3 is 24.9 Å². The van der Waals surface area contributed by atoms with Crippen LogP contribution in [0, 0.1) is 38.2 Å². The van der Waals surface area contributed by atoms with Crippen molar-refractivity contribution in [3.63, 3.8) is 0 Å². The summed E-state index contributed by atoms with van der Waals surface area (Å²) in [4.78, 5) is 26.8. The van der Waals surface area contributed by atoms with Gasteiger partial charge in [-0.3, -0.25) is 4.79 Å². The van der Waals surface area contributed by atoms with Crippen LogP contribution in [-0.4, -0.2) is 23.0 Å². The normalized spacial score (nSPS) is 5.77. The van der Waals surface area contributed by atoms with Gasteiger partial charge in [0.1, 0.15) is 0 Å². The molecular weight excluding hydrogens is 331 g/mol. The van der Waals surface area contributed by atoms with Crippen LogP contribution >= 0.6 is 0 Å². The van der Waals surface area contributed by atoms with Crippen molar-refractivity contribution in [1.82, 2.24) is 0 Å². The molecule has 0 aromatic rings. The number of aliphatic carboxylic acids is 3. The van der Waals surface area contributed by atoms with E-state index in [-0.39, 0.29) is 38.2 Å². The third-order valence-electron chi connectivity index (χ3n) is 0.